The quantitative estimate of drug-likeness (QED) is 0.509. The summed E-state index contributed by atoms with van der Waals surface area (Å²) in [6.45, 7) is 3.43. The van der Waals surface area contributed by atoms with Gasteiger partial charge in [-0.15, -0.1) is 11.3 Å². The Kier molecular flexibility index (Phi) is 6.21. The fourth-order valence-electron chi connectivity index (χ4n) is 4.29. The molecule has 34 heavy (non-hydrogen) atoms. The highest BCUT2D eigenvalue weighted by molar-refractivity contribution is 7.09. The van der Waals surface area contributed by atoms with Crippen molar-refractivity contribution in [3.05, 3.63) is 75.9 Å². The molecule has 1 fully saturated rings. The Morgan fingerprint density at radius 2 is 1.59 bits per heavy atom. The van der Waals surface area contributed by atoms with Gasteiger partial charge in [-0.1, -0.05) is 12.1 Å². The van der Waals surface area contributed by atoms with Crippen LogP contribution >= 0.6 is 11.3 Å². The molecule has 2 aliphatic heterocycles. The number of nitrogens with zero attached hydrogens (tertiary/aromatic N) is 4. The lowest BCUT2D eigenvalue weighted by Crippen LogP contribution is -2.49. The lowest BCUT2D eigenvalue weighted by Gasteiger charge is -2.34. The van der Waals surface area contributed by atoms with Crippen LogP contribution in [0.15, 0.2) is 53.9 Å². The van der Waals surface area contributed by atoms with Crippen molar-refractivity contribution >= 4 is 29.1 Å². The number of hydrogen-bond acceptors (Lipinski definition) is 6. The molecule has 2 aliphatic rings. The molecule has 1 saturated heterocycles. The maximum atomic E-state index is 13.1. The van der Waals surface area contributed by atoms with Crippen molar-refractivity contribution in [1.29, 1.82) is 0 Å². The molecule has 174 valence electrons. The first-order chi connectivity index (χ1) is 16.5. The van der Waals surface area contributed by atoms with Crippen LogP contribution in [0.5, 0.6) is 0 Å². The fourth-order valence-corrected chi connectivity index (χ4v) is 5.14. The number of rotatable bonds is 6. The molecule has 0 radical (unpaired) electrons. The van der Waals surface area contributed by atoms with E-state index in [1.165, 1.54) is 17.0 Å². The monoisotopic (exact) mass is 478 g/mol. The summed E-state index contributed by atoms with van der Waals surface area (Å²) in [5.41, 5.74) is 2.52. The Morgan fingerprint density at radius 3 is 2.24 bits per heavy atom. The Bertz CT molecular complexity index is 1200. The van der Waals surface area contributed by atoms with Crippen molar-refractivity contribution in [2.75, 3.05) is 32.7 Å². The number of carbonyl (C=O) groups is 3. The first-order valence-electron chi connectivity index (χ1n) is 11.2. The van der Waals surface area contributed by atoms with Gasteiger partial charge >= 0.3 is 0 Å². The van der Waals surface area contributed by atoms with E-state index in [1.54, 1.807) is 52.6 Å². The van der Waals surface area contributed by atoms with Crippen LogP contribution in [-0.2, 0) is 11.3 Å². The lowest BCUT2D eigenvalue weighted by molar-refractivity contribution is -0.133. The van der Waals surface area contributed by atoms with Crippen LogP contribution in [0.4, 0.5) is 4.39 Å². The van der Waals surface area contributed by atoms with Gasteiger partial charge in [0.05, 0.1) is 23.4 Å². The Hall–Kier alpha value is -3.43. The molecule has 0 atom stereocenters. The summed E-state index contributed by atoms with van der Waals surface area (Å²) in [6.07, 6.45) is 0.124. The molecule has 0 aliphatic carbocycles. The average molecular weight is 479 g/mol. The number of thiazole rings is 1. The minimum Gasteiger partial charge on any atom is -0.340 e. The maximum Gasteiger partial charge on any atom is 0.261 e. The third-order valence-corrected chi connectivity index (χ3v) is 7.04. The first-order valence-corrected chi connectivity index (χ1v) is 12.0. The Balaban J connectivity index is 1.10. The Morgan fingerprint density at radius 1 is 0.941 bits per heavy atom. The average Bonchev–Trinajstić information content (AvgIpc) is 3.41. The molecule has 0 unspecified atom stereocenters. The van der Waals surface area contributed by atoms with Crippen LogP contribution < -0.4 is 0 Å². The van der Waals surface area contributed by atoms with E-state index in [9.17, 15) is 18.8 Å². The van der Waals surface area contributed by atoms with Crippen molar-refractivity contribution in [3.8, 4) is 11.3 Å². The third kappa shape index (κ3) is 4.49. The summed E-state index contributed by atoms with van der Waals surface area (Å²) in [5, 5.41) is 2.95. The van der Waals surface area contributed by atoms with Crippen LogP contribution in [0, 0.1) is 5.82 Å². The molecule has 3 heterocycles. The van der Waals surface area contributed by atoms with E-state index in [-0.39, 0.29) is 36.5 Å². The van der Waals surface area contributed by atoms with E-state index in [2.05, 4.69) is 9.88 Å². The van der Waals surface area contributed by atoms with Crippen molar-refractivity contribution < 1.29 is 18.8 Å². The second-order valence-corrected chi connectivity index (χ2v) is 9.29. The Labute approximate surface area is 200 Å². The van der Waals surface area contributed by atoms with Gasteiger partial charge in [0.25, 0.3) is 11.8 Å². The minimum absolute atomic E-state index is 0.0518. The van der Waals surface area contributed by atoms with Gasteiger partial charge in [-0.25, -0.2) is 9.37 Å². The highest BCUT2D eigenvalue weighted by Crippen LogP contribution is 2.24. The largest absolute Gasteiger partial charge is 0.340 e. The standard InChI is InChI=1S/C25H23FN4O3S/c26-18-7-5-17(6-8-18)21-16-34-22(27-21)15-28-11-13-29(14-12-28)23(31)9-10-30-24(32)19-3-1-2-4-20(19)25(30)33/h1-8,16H,9-15H2. The van der Waals surface area contributed by atoms with Crippen LogP contribution in [0.3, 0.4) is 0 Å². The number of fused-ring (bicyclic) bond motifs is 1. The molecule has 3 amide bonds. The number of amides is 3. The normalized spacial score (nSPS) is 16.3. The minimum atomic E-state index is -0.332. The van der Waals surface area contributed by atoms with E-state index < -0.39 is 0 Å². The van der Waals surface area contributed by atoms with E-state index in [0.29, 0.717) is 30.8 Å². The van der Waals surface area contributed by atoms with E-state index in [4.69, 9.17) is 0 Å². The fraction of sp³-hybridized carbons (Fsp3) is 0.280. The number of aromatic nitrogens is 1. The van der Waals surface area contributed by atoms with Crippen LogP contribution in [0.1, 0.15) is 32.1 Å². The van der Waals surface area contributed by atoms with Crippen LogP contribution in [0.2, 0.25) is 0 Å². The summed E-state index contributed by atoms with van der Waals surface area (Å²) in [5.74, 6) is -0.984. The molecule has 9 heteroatoms. The predicted octanol–water partition coefficient (Wildman–Crippen LogP) is 3.28. The summed E-state index contributed by atoms with van der Waals surface area (Å²) in [4.78, 5) is 47.5. The van der Waals surface area contributed by atoms with Gasteiger partial charge in [0, 0.05) is 50.1 Å². The number of piperazine rings is 1. The van der Waals surface area contributed by atoms with Gasteiger partial charge in [-0.2, -0.15) is 0 Å². The van der Waals surface area contributed by atoms with Gasteiger partial charge in [0.15, 0.2) is 0 Å². The smallest absolute Gasteiger partial charge is 0.261 e. The number of imide groups is 1. The number of hydrogen-bond donors (Lipinski definition) is 0. The van der Waals surface area contributed by atoms with E-state index in [0.717, 1.165) is 29.4 Å². The lowest BCUT2D eigenvalue weighted by atomic mass is 10.1. The van der Waals surface area contributed by atoms with E-state index >= 15 is 0 Å². The van der Waals surface area contributed by atoms with E-state index in [1.807, 2.05) is 5.38 Å². The summed E-state index contributed by atoms with van der Waals surface area (Å²) < 4.78 is 13.1. The molecule has 2 aromatic carbocycles. The molecular weight excluding hydrogens is 455 g/mol. The predicted molar refractivity (Wildman–Crippen MR) is 126 cm³/mol. The van der Waals surface area contributed by atoms with Gasteiger partial charge in [-0.3, -0.25) is 24.2 Å². The number of halogens is 1. The maximum absolute atomic E-state index is 13.1. The zero-order valence-electron chi connectivity index (χ0n) is 18.4. The van der Waals surface area contributed by atoms with Crippen molar-refractivity contribution in [3.63, 3.8) is 0 Å². The van der Waals surface area contributed by atoms with Crippen molar-refractivity contribution in [1.82, 2.24) is 19.7 Å². The second-order valence-electron chi connectivity index (χ2n) is 8.35. The van der Waals surface area contributed by atoms with Gasteiger partial charge in [0.2, 0.25) is 5.91 Å². The number of carbonyl (C=O) groups excluding carboxylic acids is 3. The zero-order chi connectivity index (χ0) is 23.7. The molecular formula is C25H23FN4O3S. The van der Waals surface area contributed by atoms with Crippen molar-refractivity contribution in [2.24, 2.45) is 0 Å². The molecule has 1 aromatic heterocycles. The highest BCUT2D eigenvalue weighted by atomic mass is 32.1. The summed E-state index contributed by atoms with van der Waals surface area (Å²) >= 11 is 1.57. The molecule has 0 spiro atoms. The highest BCUT2D eigenvalue weighted by Gasteiger charge is 2.35. The molecule has 7 nitrogen and oxygen atoms in total. The first kappa shape index (κ1) is 22.4. The zero-order valence-corrected chi connectivity index (χ0v) is 19.3. The van der Waals surface area contributed by atoms with Gasteiger partial charge < -0.3 is 4.90 Å². The number of benzene rings is 2. The SMILES string of the molecule is O=C(CCN1C(=O)c2ccccc2C1=O)N1CCN(Cc2nc(-c3ccc(F)cc3)cs2)CC1. The van der Waals surface area contributed by atoms with Crippen LogP contribution in [0.25, 0.3) is 11.3 Å². The molecule has 0 bridgehead atoms. The molecule has 5 rings (SSSR count). The molecule has 3 aromatic rings. The summed E-state index contributed by atoms with van der Waals surface area (Å²) in [7, 11) is 0. The molecule has 0 saturated carbocycles. The second kappa shape index (κ2) is 9.44. The van der Waals surface area contributed by atoms with Crippen LogP contribution in [-0.4, -0.2) is 70.1 Å². The van der Waals surface area contributed by atoms with Gasteiger partial charge in [-0.05, 0) is 36.4 Å². The topological polar surface area (TPSA) is 73.8 Å². The van der Waals surface area contributed by atoms with Gasteiger partial charge in [0.1, 0.15) is 10.8 Å². The third-order valence-electron chi connectivity index (χ3n) is 6.20. The summed E-state index contributed by atoms with van der Waals surface area (Å²) in [6, 6.07) is 13.0. The molecule has 0 N–H and O–H groups in total. The van der Waals surface area contributed by atoms with Crippen molar-refractivity contribution in [2.45, 2.75) is 13.0 Å².